The summed E-state index contributed by atoms with van der Waals surface area (Å²) in [6, 6.07) is 6.83. The Balaban J connectivity index is 1.64. The van der Waals surface area contributed by atoms with Gasteiger partial charge in [-0.1, -0.05) is 11.6 Å². The molecule has 3 rings (SSSR count). The van der Waals surface area contributed by atoms with E-state index in [9.17, 15) is 9.59 Å². The maximum atomic E-state index is 12.6. The van der Waals surface area contributed by atoms with E-state index < -0.39 is 0 Å². The molecule has 1 saturated heterocycles. The molecule has 24 heavy (non-hydrogen) atoms. The smallest absolute Gasteiger partial charge is 0.253 e. The number of carbonyl (C=O) groups is 2. The first-order valence-corrected chi connectivity index (χ1v) is 9.00. The first-order valence-electron chi connectivity index (χ1n) is 7.81. The van der Waals surface area contributed by atoms with Gasteiger partial charge >= 0.3 is 0 Å². The molecule has 0 radical (unpaired) electrons. The van der Waals surface area contributed by atoms with Crippen molar-refractivity contribution in [1.29, 1.82) is 0 Å². The summed E-state index contributed by atoms with van der Waals surface area (Å²) in [5.74, 6) is -0.341. The number of nitrogens with zero attached hydrogens (tertiary/aromatic N) is 2. The lowest BCUT2D eigenvalue weighted by atomic mass is 9.96. The molecule has 1 aromatic carbocycles. The average Bonchev–Trinajstić information content (AvgIpc) is 3.00. The highest BCUT2D eigenvalue weighted by molar-refractivity contribution is 7.15. The van der Waals surface area contributed by atoms with Crippen LogP contribution in [0.5, 0.6) is 0 Å². The maximum Gasteiger partial charge on any atom is 0.253 e. The number of hydrogen-bond acceptors (Lipinski definition) is 4. The predicted octanol–water partition coefficient (Wildman–Crippen LogP) is 3.60. The van der Waals surface area contributed by atoms with Gasteiger partial charge in [-0.25, -0.2) is 4.98 Å². The van der Waals surface area contributed by atoms with Crippen molar-refractivity contribution in [3.05, 3.63) is 45.9 Å². The fourth-order valence-corrected chi connectivity index (χ4v) is 3.56. The zero-order chi connectivity index (χ0) is 17.1. The predicted molar refractivity (Wildman–Crippen MR) is 95.6 cm³/mol. The lowest BCUT2D eigenvalue weighted by Gasteiger charge is -2.32. The molecule has 5 nitrogen and oxygen atoms in total. The van der Waals surface area contributed by atoms with Crippen molar-refractivity contribution >= 4 is 39.9 Å². The van der Waals surface area contributed by atoms with Gasteiger partial charge in [0, 0.05) is 34.7 Å². The van der Waals surface area contributed by atoms with E-state index in [1.165, 1.54) is 11.3 Å². The van der Waals surface area contributed by atoms with Crippen LogP contribution in [0.3, 0.4) is 0 Å². The van der Waals surface area contributed by atoms with Gasteiger partial charge in [0.1, 0.15) is 0 Å². The number of amides is 2. The van der Waals surface area contributed by atoms with Gasteiger partial charge in [-0.2, -0.15) is 0 Å². The number of halogens is 1. The van der Waals surface area contributed by atoms with E-state index in [2.05, 4.69) is 10.3 Å². The third-order valence-electron chi connectivity index (χ3n) is 4.02. The van der Waals surface area contributed by atoms with Crippen molar-refractivity contribution in [1.82, 2.24) is 9.88 Å². The Morgan fingerprint density at radius 3 is 2.75 bits per heavy atom. The minimum absolute atomic E-state index is 0.0609. The molecule has 1 aliphatic rings. The number of aryl methyl sites for hydroxylation is 1. The molecule has 1 unspecified atom stereocenters. The van der Waals surface area contributed by atoms with Crippen molar-refractivity contribution in [3.8, 4) is 0 Å². The average molecular weight is 364 g/mol. The number of benzene rings is 1. The molecule has 2 aromatic rings. The number of rotatable bonds is 3. The van der Waals surface area contributed by atoms with Crippen molar-refractivity contribution < 1.29 is 9.59 Å². The van der Waals surface area contributed by atoms with Gasteiger partial charge in [-0.3, -0.25) is 9.59 Å². The molecular weight excluding hydrogens is 346 g/mol. The topological polar surface area (TPSA) is 62.3 Å². The Bertz CT molecular complexity index is 745. The molecule has 2 heterocycles. The summed E-state index contributed by atoms with van der Waals surface area (Å²) in [5.41, 5.74) is 0.594. The molecule has 1 aliphatic heterocycles. The number of anilines is 1. The highest BCUT2D eigenvalue weighted by Crippen LogP contribution is 2.23. The lowest BCUT2D eigenvalue weighted by molar-refractivity contribution is -0.121. The summed E-state index contributed by atoms with van der Waals surface area (Å²) in [6.07, 6.45) is 3.33. The van der Waals surface area contributed by atoms with Gasteiger partial charge in [0.2, 0.25) is 5.91 Å². The van der Waals surface area contributed by atoms with E-state index in [1.54, 1.807) is 35.4 Å². The van der Waals surface area contributed by atoms with Crippen LogP contribution >= 0.6 is 22.9 Å². The fraction of sp³-hybridized carbons (Fsp3) is 0.353. The second-order valence-corrected chi connectivity index (χ2v) is 7.53. The summed E-state index contributed by atoms with van der Waals surface area (Å²) >= 11 is 7.31. The van der Waals surface area contributed by atoms with Crippen LogP contribution in [0.4, 0.5) is 5.13 Å². The first kappa shape index (κ1) is 16.9. The summed E-state index contributed by atoms with van der Waals surface area (Å²) in [5, 5.41) is 4.06. The molecule has 126 valence electrons. The number of likely N-dealkylation sites (tertiary alicyclic amines) is 1. The van der Waals surface area contributed by atoms with Crippen molar-refractivity contribution in [2.75, 3.05) is 18.4 Å². The molecule has 0 spiro atoms. The van der Waals surface area contributed by atoms with Gasteiger partial charge in [-0.15, -0.1) is 11.3 Å². The summed E-state index contributed by atoms with van der Waals surface area (Å²) in [4.78, 5) is 32.0. The molecule has 7 heteroatoms. The molecular formula is C17H18ClN3O2S. The number of carbonyl (C=O) groups excluding carboxylic acids is 2. The van der Waals surface area contributed by atoms with Crippen molar-refractivity contribution in [2.24, 2.45) is 5.92 Å². The number of hydrogen-bond donors (Lipinski definition) is 1. The molecule has 2 amide bonds. The highest BCUT2D eigenvalue weighted by atomic mass is 35.5. The first-order chi connectivity index (χ1) is 11.5. The maximum absolute atomic E-state index is 12.6. The van der Waals surface area contributed by atoms with Gasteiger partial charge in [-0.05, 0) is 44.0 Å². The molecule has 0 aliphatic carbocycles. The van der Waals surface area contributed by atoms with Crippen LogP contribution in [0.25, 0.3) is 0 Å². The Morgan fingerprint density at radius 2 is 2.08 bits per heavy atom. The highest BCUT2D eigenvalue weighted by Gasteiger charge is 2.29. The molecule has 0 bridgehead atoms. The van der Waals surface area contributed by atoms with Crippen molar-refractivity contribution in [3.63, 3.8) is 0 Å². The number of aromatic nitrogens is 1. The van der Waals surface area contributed by atoms with Crippen LogP contribution in [0.15, 0.2) is 30.5 Å². The van der Waals surface area contributed by atoms with Crippen LogP contribution < -0.4 is 5.32 Å². The number of piperidine rings is 1. The summed E-state index contributed by atoms with van der Waals surface area (Å²) in [7, 11) is 0. The molecule has 0 saturated carbocycles. The third-order valence-corrected chi connectivity index (χ3v) is 5.10. The zero-order valence-corrected chi connectivity index (χ0v) is 14.9. The van der Waals surface area contributed by atoms with E-state index in [4.69, 9.17) is 11.6 Å². The summed E-state index contributed by atoms with van der Waals surface area (Å²) < 4.78 is 0. The van der Waals surface area contributed by atoms with Crippen molar-refractivity contribution in [2.45, 2.75) is 19.8 Å². The summed E-state index contributed by atoms with van der Waals surface area (Å²) in [6.45, 7) is 3.04. The van der Waals surface area contributed by atoms with E-state index in [1.807, 2.05) is 6.92 Å². The van der Waals surface area contributed by atoms with Crippen LogP contribution in [-0.2, 0) is 4.79 Å². The Kier molecular flexibility index (Phi) is 5.16. The number of nitrogens with one attached hydrogen (secondary N) is 1. The van der Waals surface area contributed by atoms with E-state index in [-0.39, 0.29) is 17.7 Å². The largest absolute Gasteiger partial charge is 0.338 e. The second-order valence-electron chi connectivity index (χ2n) is 5.86. The normalized spacial score (nSPS) is 17.6. The van der Waals surface area contributed by atoms with Gasteiger partial charge in [0.25, 0.3) is 5.91 Å². The lowest BCUT2D eigenvalue weighted by Crippen LogP contribution is -2.43. The Labute approximate surface area is 149 Å². The standard InChI is InChI=1S/C17H18ClN3O2S/c1-11-9-19-17(24-11)20-15(22)13-3-2-8-21(10-13)16(23)12-4-6-14(18)7-5-12/h4-7,9,13H,2-3,8,10H2,1H3,(H,19,20,22). The van der Waals surface area contributed by atoms with Crippen LogP contribution in [0, 0.1) is 12.8 Å². The monoisotopic (exact) mass is 363 g/mol. The van der Waals surface area contributed by atoms with Crippen LogP contribution in [0.2, 0.25) is 5.02 Å². The quantitative estimate of drug-likeness (QED) is 0.906. The molecule has 1 N–H and O–H groups in total. The molecule has 1 atom stereocenters. The van der Waals surface area contributed by atoms with Crippen LogP contribution in [0.1, 0.15) is 28.1 Å². The Morgan fingerprint density at radius 1 is 1.33 bits per heavy atom. The SMILES string of the molecule is Cc1cnc(NC(=O)C2CCCN(C(=O)c3ccc(Cl)cc3)C2)s1. The number of thiazole rings is 1. The molecule has 1 aromatic heterocycles. The van der Waals surface area contributed by atoms with Gasteiger partial charge in [0.05, 0.1) is 5.92 Å². The minimum Gasteiger partial charge on any atom is -0.338 e. The zero-order valence-electron chi connectivity index (χ0n) is 13.3. The van der Waals surface area contributed by atoms with Gasteiger partial charge < -0.3 is 10.2 Å². The van der Waals surface area contributed by atoms with Crippen LogP contribution in [-0.4, -0.2) is 34.8 Å². The molecule has 1 fully saturated rings. The van der Waals surface area contributed by atoms with E-state index >= 15 is 0 Å². The fourth-order valence-electron chi connectivity index (χ4n) is 2.77. The third kappa shape index (κ3) is 3.94. The van der Waals surface area contributed by atoms with E-state index in [0.29, 0.717) is 28.8 Å². The minimum atomic E-state index is -0.209. The van der Waals surface area contributed by atoms with E-state index in [0.717, 1.165) is 17.7 Å². The van der Waals surface area contributed by atoms with Gasteiger partial charge in [0.15, 0.2) is 5.13 Å². The Hall–Kier alpha value is -1.92. The second kappa shape index (κ2) is 7.32.